The standard InChI is InChI=1S/C15H8F3N3O2/c16-15(17,18)23-11-3-1-2-9(4-11)12-6-19-7-13-14(12)21-10(8-22)5-20-13/h1-8H. The second kappa shape index (κ2) is 5.64. The maximum Gasteiger partial charge on any atom is 0.573 e. The van der Waals surface area contributed by atoms with Crippen LogP contribution in [0.15, 0.2) is 42.9 Å². The number of fused-ring (bicyclic) bond motifs is 1. The molecule has 116 valence electrons. The topological polar surface area (TPSA) is 65.0 Å². The second-order valence-corrected chi connectivity index (χ2v) is 4.54. The van der Waals surface area contributed by atoms with Crippen LogP contribution in [0.25, 0.3) is 22.2 Å². The van der Waals surface area contributed by atoms with Crippen LogP contribution in [0, 0.1) is 0 Å². The van der Waals surface area contributed by atoms with E-state index in [0.717, 1.165) is 0 Å². The van der Waals surface area contributed by atoms with E-state index in [9.17, 15) is 18.0 Å². The fourth-order valence-corrected chi connectivity index (χ4v) is 2.08. The summed E-state index contributed by atoms with van der Waals surface area (Å²) in [6, 6.07) is 5.43. The van der Waals surface area contributed by atoms with E-state index in [4.69, 9.17) is 0 Å². The van der Waals surface area contributed by atoms with Crippen molar-refractivity contribution >= 4 is 17.3 Å². The molecule has 5 nitrogen and oxygen atoms in total. The number of carbonyl (C=O) groups is 1. The zero-order valence-corrected chi connectivity index (χ0v) is 11.4. The molecule has 23 heavy (non-hydrogen) atoms. The van der Waals surface area contributed by atoms with E-state index in [-0.39, 0.29) is 11.4 Å². The van der Waals surface area contributed by atoms with Gasteiger partial charge in [0.2, 0.25) is 0 Å². The van der Waals surface area contributed by atoms with E-state index >= 15 is 0 Å². The Morgan fingerprint density at radius 3 is 2.70 bits per heavy atom. The summed E-state index contributed by atoms with van der Waals surface area (Å²) < 4.78 is 40.9. The summed E-state index contributed by atoms with van der Waals surface area (Å²) in [5, 5.41) is 0. The lowest BCUT2D eigenvalue weighted by Crippen LogP contribution is -2.17. The molecular formula is C15H8F3N3O2. The summed E-state index contributed by atoms with van der Waals surface area (Å²) in [6.07, 6.45) is -0.0429. The Balaban J connectivity index is 2.13. The van der Waals surface area contributed by atoms with Crippen molar-refractivity contribution in [1.82, 2.24) is 15.0 Å². The van der Waals surface area contributed by atoms with Gasteiger partial charge in [-0.2, -0.15) is 0 Å². The van der Waals surface area contributed by atoms with E-state index in [1.54, 1.807) is 6.07 Å². The summed E-state index contributed by atoms with van der Waals surface area (Å²) in [6.45, 7) is 0. The Hall–Kier alpha value is -3.03. The Morgan fingerprint density at radius 2 is 1.96 bits per heavy atom. The lowest BCUT2D eigenvalue weighted by atomic mass is 10.1. The van der Waals surface area contributed by atoms with Gasteiger partial charge in [-0.25, -0.2) is 4.98 Å². The number of carbonyl (C=O) groups excluding carboxylic acids is 1. The number of alkyl halides is 3. The minimum atomic E-state index is -4.78. The predicted molar refractivity (Wildman–Crippen MR) is 74.8 cm³/mol. The number of pyridine rings is 1. The zero-order valence-electron chi connectivity index (χ0n) is 11.4. The molecule has 0 aliphatic rings. The summed E-state index contributed by atoms with van der Waals surface area (Å²) in [4.78, 5) is 23.0. The first-order valence-electron chi connectivity index (χ1n) is 6.38. The number of benzene rings is 1. The van der Waals surface area contributed by atoms with Gasteiger partial charge in [0.1, 0.15) is 22.5 Å². The van der Waals surface area contributed by atoms with Crippen molar-refractivity contribution in [2.75, 3.05) is 0 Å². The van der Waals surface area contributed by atoms with Gasteiger partial charge in [-0.1, -0.05) is 12.1 Å². The summed E-state index contributed by atoms with van der Waals surface area (Å²) in [5.74, 6) is -0.355. The molecule has 3 rings (SSSR count). The van der Waals surface area contributed by atoms with Gasteiger partial charge in [0.15, 0.2) is 6.29 Å². The summed E-state index contributed by atoms with van der Waals surface area (Å²) in [7, 11) is 0. The van der Waals surface area contributed by atoms with Crippen molar-refractivity contribution in [3.05, 3.63) is 48.5 Å². The monoisotopic (exact) mass is 319 g/mol. The third kappa shape index (κ3) is 3.25. The molecule has 8 heteroatoms. The highest BCUT2D eigenvalue weighted by atomic mass is 19.4. The smallest absolute Gasteiger partial charge is 0.406 e. The molecule has 0 aliphatic carbocycles. The molecule has 0 unspecified atom stereocenters. The number of rotatable bonds is 3. The van der Waals surface area contributed by atoms with E-state index in [1.807, 2.05) is 0 Å². The minimum absolute atomic E-state index is 0.118. The van der Waals surface area contributed by atoms with Crippen molar-refractivity contribution in [3.8, 4) is 16.9 Å². The molecule has 0 saturated heterocycles. The quantitative estimate of drug-likeness (QED) is 0.692. The van der Waals surface area contributed by atoms with Crippen molar-refractivity contribution in [3.63, 3.8) is 0 Å². The van der Waals surface area contributed by atoms with Crippen LogP contribution in [0.1, 0.15) is 10.5 Å². The SMILES string of the molecule is O=Cc1cnc2cncc(-c3cccc(OC(F)(F)F)c3)c2n1. The van der Waals surface area contributed by atoms with E-state index in [0.29, 0.717) is 28.4 Å². The Kier molecular flexibility index (Phi) is 3.65. The predicted octanol–water partition coefficient (Wildman–Crippen LogP) is 3.40. The van der Waals surface area contributed by atoms with Gasteiger partial charge in [0.25, 0.3) is 0 Å². The van der Waals surface area contributed by atoms with Gasteiger partial charge in [0, 0.05) is 11.8 Å². The van der Waals surface area contributed by atoms with Crippen LogP contribution in [-0.4, -0.2) is 27.6 Å². The largest absolute Gasteiger partial charge is 0.573 e. The van der Waals surface area contributed by atoms with Crippen LogP contribution in [0.2, 0.25) is 0 Å². The van der Waals surface area contributed by atoms with Gasteiger partial charge < -0.3 is 4.74 Å². The number of hydrogen-bond donors (Lipinski definition) is 0. The van der Waals surface area contributed by atoms with Crippen LogP contribution in [0.3, 0.4) is 0 Å². The molecule has 0 atom stereocenters. The maximum absolute atomic E-state index is 12.3. The number of nitrogens with zero attached hydrogens (tertiary/aromatic N) is 3. The first-order chi connectivity index (χ1) is 11.0. The van der Waals surface area contributed by atoms with E-state index in [1.165, 1.54) is 36.8 Å². The highest BCUT2D eigenvalue weighted by molar-refractivity contribution is 5.92. The summed E-state index contributed by atoms with van der Waals surface area (Å²) >= 11 is 0. The van der Waals surface area contributed by atoms with Gasteiger partial charge in [-0.15, -0.1) is 13.2 Å². The maximum atomic E-state index is 12.3. The number of aromatic nitrogens is 3. The van der Waals surface area contributed by atoms with Crippen LogP contribution in [-0.2, 0) is 0 Å². The number of halogens is 3. The van der Waals surface area contributed by atoms with Crippen LogP contribution >= 0.6 is 0 Å². The highest BCUT2D eigenvalue weighted by Gasteiger charge is 2.31. The second-order valence-electron chi connectivity index (χ2n) is 4.54. The van der Waals surface area contributed by atoms with Gasteiger partial charge >= 0.3 is 6.36 Å². The summed E-state index contributed by atoms with van der Waals surface area (Å²) in [5.41, 5.74) is 1.78. The molecule has 0 saturated carbocycles. The zero-order chi connectivity index (χ0) is 16.4. The Labute approximate surface area is 127 Å². The van der Waals surface area contributed by atoms with Crippen molar-refractivity contribution in [2.45, 2.75) is 6.36 Å². The van der Waals surface area contributed by atoms with Crippen molar-refractivity contribution in [1.29, 1.82) is 0 Å². The fraction of sp³-hybridized carbons (Fsp3) is 0.0667. The lowest BCUT2D eigenvalue weighted by Gasteiger charge is -2.10. The van der Waals surface area contributed by atoms with Gasteiger partial charge in [0.05, 0.1) is 12.4 Å². The molecule has 2 heterocycles. The van der Waals surface area contributed by atoms with Gasteiger partial charge in [-0.3, -0.25) is 14.8 Å². The molecule has 0 spiro atoms. The number of ether oxygens (including phenoxy) is 1. The Morgan fingerprint density at radius 1 is 1.13 bits per heavy atom. The fourth-order valence-electron chi connectivity index (χ4n) is 2.08. The first-order valence-corrected chi connectivity index (χ1v) is 6.38. The highest BCUT2D eigenvalue weighted by Crippen LogP contribution is 2.30. The number of hydrogen-bond acceptors (Lipinski definition) is 5. The van der Waals surface area contributed by atoms with Crippen LogP contribution in [0.4, 0.5) is 13.2 Å². The lowest BCUT2D eigenvalue weighted by molar-refractivity contribution is -0.274. The molecule has 3 aromatic rings. The molecule has 0 radical (unpaired) electrons. The molecule has 0 bridgehead atoms. The molecular weight excluding hydrogens is 311 g/mol. The molecule has 0 aliphatic heterocycles. The minimum Gasteiger partial charge on any atom is -0.406 e. The van der Waals surface area contributed by atoms with Crippen LogP contribution in [0.5, 0.6) is 5.75 Å². The molecule has 0 fully saturated rings. The number of aldehydes is 1. The average Bonchev–Trinajstić information content (AvgIpc) is 2.52. The first kappa shape index (κ1) is 14.9. The molecule has 0 amide bonds. The van der Waals surface area contributed by atoms with Gasteiger partial charge in [-0.05, 0) is 17.7 Å². The molecule has 2 aromatic heterocycles. The Bertz CT molecular complexity index is 881. The van der Waals surface area contributed by atoms with E-state index in [2.05, 4.69) is 19.7 Å². The van der Waals surface area contributed by atoms with E-state index < -0.39 is 6.36 Å². The molecule has 1 aromatic carbocycles. The average molecular weight is 319 g/mol. The van der Waals surface area contributed by atoms with Crippen molar-refractivity contribution < 1.29 is 22.7 Å². The normalized spacial score (nSPS) is 11.4. The van der Waals surface area contributed by atoms with Crippen LogP contribution < -0.4 is 4.74 Å². The van der Waals surface area contributed by atoms with Crippen molar-refractivity contribution in [2.24, 2.45) is 0 Å². The third-order valence-electron chi connectivity index (χ3n) is 2.97. The molecule has 0 N–H and O–H groups in total. The third-order valence-corrected chi connectivity index (χ3v) is 2.97.